The van der Waals surface area contributed by atoms with Crippen molar-refractivity contribution in [2.24, 2.45) is 5.73 Å². The molecule has 0 radical (unpaired) electrons. The van der Waals surface area contributed by atoms with E-state index in [-0.39, 0.29) is 6.54 Å². The molecule has 4 nitrogen and oxygen atoms in total. The number of hydrogen-bond donors (Lipinski definition) is 2. The Morgan fingerprint density at radius 1 is 1.38 bits per heavy atom. The van der Waals surface area contributed by atoms with E-state index in [0.29, 0.717) is 10.7 Å². The van der Waals surface area contributed by atoms with Gasteiger partial charge in [-0.05, 0) is 24.3 Å². The molecule has 0 amide bonds. The molecule has 0 saturated heterocycles. The van der Waals surface area contributed by atoms with Crippen LogP contribution in [0.4, 0.5) is 0 Å². The van der Waals surface area contributed by atoms with Gasteiger partial charge in [-0.2, -0.15) is 0 Å². The molecule has 2 rings (SSSR count). The van der Waals surface area contributed by atoms with E-state index in [1.165, 1.54) is 0 Å². The summed E-state index contributed by atoms with van der Waals surface area (Å²) >= 11 is 5.80. The van der Waals surface area contributed by atoms with Gasteiger partial charge in [-0.3, -0.25) is 0 Å². The van der Waals surface area contributed by atoms with E-state index in [4.69, 9.17) is 17.3 Å². The molecule has 0 spiro atoms. The van der Waals surface area contributed by atoms with E-state index < -0.39 is 6.10 Å². The molecule has 16 heavy (non-hydrogen) atoms. The molecule has 1 heterocycles. The van der Waals surface area contributed by atoms with Crippen LogP contribution in [0, 0.1) is 0 Å². The molecule has 0 saturated carbocycles. The summed E-state index contributed by atoms with van der Waals surface area (Å²) in [6, 6.07) is 7.36. The van der Waals surface area contributed by atoms with Crippen LogP contribution < -0.4 is 5.73 Å². The van der Waals surface area contributed by atoms with E-state index in [9.17, 15) is 5.11 Å². The van der Waals surface area contributed by atoms with E-state index in [1.54, 1.807) is 24.7 Å². The van der Waals surface area contributed by atoms with Crippen molar-refractivity contribution in [3.8, 4) is 5.69 Å². The van der Waals surface area contributed by atoms with E-state index >= 15 is 0 Å². The molecule has 84 valence electrons. The lowest BCUT2D eigenvalue weighted by Crippen LogP contribution is -2.11. The Morgan fingerprint density at radius 3 is 2.69 bits per heavy atom. The summed E-state index contributed by atoms with van der Waals surface area (Å²) in [6.45, 7) is 0.164. The molecule has 0 bridgehead atoms. The van der Waals surface area contributed by atoms with Gasteiger partial charge in [0.15, 0.2) is 0 Å². The predicted molar refractivity (Wildman–Crippen MR) is 62.6 cm³/mol. The molecule has 1 aromatic carbocycles. The highest BCUT2D eigenvalue weighted by molar-refractivity contribution is 6.30. The molecule has 0 aliphatic carbocycles. The molecule has 0 fully saturated rings. The van der Waals surface area contributed by atoms with Gasteiger partial charge < -0.3 is 15.4 Å². The topological polar surface area (TPSA) is 64.1 Å². The van der Waals surface area contributed by atoms with Crippen LogP contribution in [0.25, 0.3) is 5.69 Å². The fourth-order valence-corrected chi connectivity index (χ4v) is 1.51. The highest BCUT2D eigenvalue weighted by Gasteiger charge is 2.08. The number of hydrogen-bond acceptors (Lipinski definition) is 3. The highest BCUT2D eigenvalue weighted by atomic mass is 35.5. The SMILES string of the molecule is NCC(O)c1cn(-c2ccc(Cl)cc2)cn1. The van der Waals surface area contributed by atoms with Crippen LogP contribution in [-0.4, -0.2) is 21.2 Å². The zero-order valence-corrected chi connectivity index (χ0v) is 9.30. The van der Waals surface area contributed by atoms with Crippen LogP contribution in [-0.2, 0) is 0 Å². The summed E-state index contributed by atoms with van der Waals surface area (Å²) in [4.78, 5) is 4.09. The first kappa shape index (κ1) is 11.1. The molecule has 0 aliphatic rings. The van der Waals surface area contributed by atoms with Crippen molar-refractivity contribution < 1.29 is 5.11 Å². The summed E-state index contributed by atoms with van der Waals surface area (Å²) in [5.74, 6) is 0. The van der Waals surface area contributed by atoms with Gasteiger partial charge in [0.25, 0.3) is 0 Å². The van der Waals surface area contributed by atoms with Gasteiger partial charge in [-0.25, -0.2) is 4.98 Å². The molecule has 2 aromatic rings. The molecule has 5 heteroatoms. The Hall–Kier alpha value is -1.36. The van der Waals surface area contributed by atoms with Gasteiger partial charge >= 0.3 is 0 Å². The summed E-state index contributed by atoms with van der Waals surface area (Å²) in [5.41, 5.74) is 6.86. The number of rotatable bonds is 3. The van der Waals surface area contributed by atoms with Gasteiger partial charge in [0, 0.05) is 23.5 Å². The second-order valence-electron chi connectivity index (χ2n) is 3.43. The van der Waals surface area contributed by atoms with Crippen LogP contribution in [0.3, 0.4) is 0 Å². The third kappa shape index (κ3) is 2.24. The maximum Gasteiger partial charge on any atom is 0.110 e. The minimum atomic E-state index is -0.714. The Labute approximate surface area is 98.3 Å². The summed E-state index contributed by atoms with van der Waals surface area (Å²) in [6.07, 6.45) is 2.67. The summed E-state index contributed by atoms with van der Waals surface area (Å²) < 4.78 is 1.81. The minimum Gasteiger partial charge on any atom is -0.385 e. The lowest BCUT2D eigenvalue weighted by atomic mass is 10.3. The number of aromatic nitrogens is 2. The molecular weight excluding hydrogens is 226 g/mol. The first-order chi connectivity index (χ1) is 7.70. The predicted octanol–water partition coefficient (Wildman–Crippen LogP) is 1.52. The van der Waals surface area contributed by atoms with Crippen LogP contribution >= 0.6 is 11.6 Å². The quantitative estimate of drug-likeness (QED) is 0.851. The molecular formula is C11H12ClN3O. The van der Waals surface area contributed by atoms with Crippen molar-refractivity contribution in [1.82, 2.24) is 9.55 Å². The lowest BCUT2D eigenvalue weighted by molar-refractivity contribution is 0.182. The Kier molecular flexibility index (Phi) is 3.24. The van der Waals surface area contributed by atoms with Crippen LogP contribution in [0.2, 0.25) is 5.02 Å². The number of nitrogens with two attached hydrogens (primary N) is 1. The molecule has 1 unspecified atom stereocenters. The smallest absolute Gasteiger partial charge is 0.110 e. The largest absolute Gasteiger partial charge is 0.385 e. The van der Waals surface area contributed by atoms with Crippen molar-refractivity contribution >= 4 is 11.6 Å². The zero-order chi connectivity index (χ0) is 11.5. The van der Waals surface area contributed by atoms with E-state index in [0.717, 1.165) is 5.69 Å². The fraction of sp³-hybridized carbons (Fsp3) is 0.182. The maximum absolute atomic E-state index is 9.51. The number of benzene rings is 1. The number of imidazole rings is 1. The van der Waals surface area contributed by atoms with Crippen molar-refractivity contribution in [3.63, 3.8) is 0 Å². The van der Waals surface area contributed by atoms with Crippen LogP contribution in [0.15, 0.2) is 36.8 Å². The van der Waals surface area contributed by atoms with Gasteiger partial charge in [-0.15, -0.1) is 0 Å². The van der Waals surface area contributed by atoms with Crippen LogP contribution in [0.1, 0.15) is 11.8 Å². The monoisotopic (exact) mass is 237 g/mol. The fourth-order valence-electron chi connectivity index (χ4n) is 1.39. The van der Waals surface area contributed by atoms with Gasteiger partial charge in [0.1, 0.15) is 6.10 Å². The number of halogens is 1. The summed E-state index contributed by atoms with van der Waals surface area (Å²) in [7, 11) is 0. The lowest BCUT2D eigenvalue weighted by Gasteiger charge is -2.03. The third-order valence-corrected chi connectivity index (χ3v) is 2.54. The van der Waals surface area contributed by atoms with Gasteiger partial charge in [0.05, 0.1) is 12.0 Å². The number of aliphatic hydroxyl groups is 1. The summed E-state index contributed by atoms with van der Waals surface area (Å²) in [5, 5.41) is 10.2. The molecule has 1 atom stereocenters. The van der Waals surface area contributed by atoms with Crippen molar-refractivity contribution in [3.05, 3.63) is 47.5 Å². The average molecular weight is 238 g/mol. The van der Waals surface area contributed by atoms with Crippen molar-refractivity contribution in [1.29, 1.82) is 0 Å². The zero-order valence-electron chi connectivity index (χ0n) is 8.55. The third-order valence-electron chi connectivity index (χ3n) is 2.29. The van der Waals surface area contributed by atoms with Gasteiger partial charge in [-0.1, -0.05) is 11.6 Å². The Balaban J connectivity index is 2.28. The molecule has 3 N–H and O–H groups in total. The van der Waals surface area contributed by atoms with E-state index in [1.807, 2.05) is 16.7 Å². The second-order valence-corrected chi connectivity index (χ2v) is 3.87. The number of nitrogens with zero attached hydrogens (tertiary/aromatic N) is 2. The minimum absolute atomic E-state index is 0.164. The Morgan fingerprint density at radius 2 is 2.06 bits per heavy atom. The highest BCUT2D eigenvalue weighted by Crippen LogP contribution is 2.15. The Bertz CT molecular complexity index is 466. The normalized spacial score (nSPS) is 12.7. The van der Waals surface area contributed by atoms with Crippen LogP contribution in [0.5, 0.6) is 0 Å². The molecule has 0 aliphatic heterocycles. The first-order valence-electron chi connectivity index (χ1n) is 4.88. The maximum atomic E-state index is 9.51. The second kappa shape index (κ2) is 4.65. The van der Waals surface area contributed by atoms with Crippen molar-refractivity contribution in [2.45, 2.75) is 6.10 Å². The van der Waals surface area contributed by atoms with Gasteiger partial charge in [0.2, 0.25) is 0 Å². The van der Waals surface area contributed by atoms with E-state index in [2.05, 4.69) is 4.98 Å². The average Bonchev–Trinajstić information content (AvgIpc) is 2.78. The standard InChI is InChI=1S/C11H12ClN3O/c12-8-1-3-9(4-2-8)15-6-10(14-7-15)11(16)5-13/h1-4,6-7,11,16H,5,13H2. The van der Waals surface area contributed by atoms with Crippen molar-refractivity contribution in [2.75, 3.05) is 6.54 Å². The number of aliphatic hydroxyl groups excluding tert-OH is 1. The first-order valence-corrected chi connectivity index (χ1v) is 5.26. The molecule has 1 aromatic heterocycles.